The quantitative estimate of drug-likeness (QED) is 0.906. The molecule has 0 aromatic carbocycles. The Balaban J connectivity index is 2.12. The van der Waals surface area contributed by atoms with Crippen molar-refractivity contribution in [1.29, 1.82) is 0 Å². The largest absolute Gasteiger partial charge is 0.474 e. The van der Waals surface area contributed by atoms with Gasteiger partial charge < -0.3 is 14.8 Å². The molecule has 5 nitrogen and oxygen atoms in total. The van der Waals surface area contributed by atoms with Gasteiger partial charge in [-0.2, -0.15) is 4.98 Å². The molecule has 0 radical (unpaired) electrons. The van der Waals surface area contributed by atoms with Gasteiger partial charge in [0.05, 0.1) is 11.7 Å². The van der Waals surface area contributed by atoms with Crippen molar-refractivity contribution in [3.63, 3.8) is 0 Å². The second-order valence-electron chi connectivity index (χ2n) is 5.06. The zero-order valence-corrected chi connectivity index (χ0v) is 12.2. The van der Waals surface area contributed by atoms with Gasteiger partial charge in [-0.15, -0.1) is 0 Å². The lowest BCUT2D eigenvalue weighted by Gasteiger charge is -2.28. The molecule has 0 aliphatic heterocycles. The van der Waals surface area contributed by atoms with E-state index in [0.29, 0.717) is 12.0 Å². The molecular formula is C14H23N3O2. The molecule has 0 saturated heterocycles. The fourth-order valence-corrected chi connectivity index (χ4v) is 2.54. The third-order valence-corrected chi connectivity index (χ3v) is 3.64. The van der Waals surface area contributed by atoms with Gasteiger partial charge >= 0.3 is 0 Å². The summed E-state index contributed by atoms with van der Waals surface area (Å²) in [6.45, 7) is 3.86. The maximum Gasteiger partial charge on any atom is 0.222 e. The highest BCUT2D eigenvalue weighted by Crippen LogP contribution is 2.28. The fraction of sp³-hybridized carbons (Fsp3) is 0.714. The first-order chi connectivity index (χ1) is 9.13. The second-order valence-corrected chi connectivity index (χ2v) is 5.06. The molecule has 0 bridgehead atoms. The van der Waals surface area contributed by atoms with Crippen LogP contribution in [0.1, 0.15) is 37.1 Å². The van der Waals surface area contributed by atoms with Crippen LogP contribution < -0.4 is 10.1 Å². The normalized spacial score (nSPS) is 23.2. The number of ether oxygens (including phenoxy) is 2. The van der Waals surface area contributed by atoms with Crippen molar-refractivity contribution >= 4 is 5.82 Å². The summed E-state index contributed by atoms with van der Waals surface area (Å²) in [5.74, 6) is 2.25. The highest BCUT2D eigenvalue weighted by atomic mass is 16.5. The summed E-state index contributed by atoms with van der Waals surface area (Å²) in [7, 11) is 3.63. The van der Waals surface area contributed by atoms with Gasteiger partial charge in [0.25, 0.3) is 0 Å². The van der Waals surface area contributed by atoms with Gasteiger partial charge in [-0.25, -0.2) is 4.98 Å². The smallest absolute Gasteiger partial charge is 0.222 e. The number of nitrogens with one attached hydrogen (secondary N) is 1. The van der Waals surface area contributed by atoms with E-state index in [1.165, 1.54) is 0 Å². The lowest BCUT2D eigenvalue weighted by molar-refractivity contribution is 0.0192. The molecule has 19 heavy (non-hydrogen) atoms. The third-order valence-electron chi connectivity index (χ3n) is 3.64. The Morgan fingerprint density at radius 2 is 1.89 bits per heavy atom. The van der Waals surface area contributed by atoms with Crippen LogP contribution in [0.4, 0.5) is 5.82 Å². The molecule has 0 spiro atoms. The number of nitrogens with zero attached hydrogens (tertiary/aromatic N) is 2. The number of aromatic nitrogens is 2. The van der Waals surface area contributed by atoms with Crippen LogP contribution in [-0.2, 0) is 4.74 Å². The van der Waals surface area contributed by atoms with Gasteiger partial charge in [0.1, 0.15) is 17.7 Å². The van der Waals surface area contributed by atoms with Crippen LogP contribution >= 0.6 is 0 Å². The van der Waals surface area contributed by atoms with E-state index in [-0.39, 0.29) is 6.10 Å². The van der Waals surface area contributed by atoms with E-state index in [0.717, 1.165) is 42.9 Å². The molecule has 1 aliphatic rings. The Morgan fingerprint density at radius 3 is 2.58 bits per heavy atom. The van der Waals surface area contributed by atoms with Crippen molar-refractivity contribution in [2.75, 3.05) is 19.5 Å². The van der Waals surface area contributed by atoms with Crippen LogP contribution in [0.3, 0.4) is 0 Å². The van der Waals surface area contributed by atoms with Gasteiger partial charge in [0.2, 0.25) is 5.88 Å². The first-order valence-electron chi connectivity index (χ1n) is 6.86. The zero-order valence-electron chi connectivity index (χ0n) is 12.2. The summed E-state index contributed by atoms with van der Waals surface area (Å²) in [5.41, 5.74) is 0.965. The van der Waals surface area contributed by atoms with Crippen LogP contribution in [0.5, 0.6) is 5.88 Å². The van der Waals surface area contributed by atoms with Gasteiger partial charge in [0, 0.05) is 20.6 Å². The summed E-state index contributed by atoms with van der Waals surface area (Å²) in [4.78, 5) is 8.76. The van der Waals surface area contributed by atoms with Crippen LogP contribution in [0.2, 0.25) is 0 Å². The Bertz CT molecular complexity index is 437. The zero-order chi connectivity index (χ0) is 13.8. The number of anilines is 1. The molecule has 1 aliphatic carbocycles. The molecule has 1 heterocycles. The minimum absolute atomic E-state index is 0.191. The number of methoxy groups -OCH3 is 1. The minimum atomic E-state index is 0.191. The van der Waals surface area contributed by atoms with Crippen molar-refractivity contribution in [3.05, 3.63) is 11.4 Å². The van der Waals surface area contributed by atoms with Crippen molar-refractivity contribution in [3.8, 4) is 5.88 Å². The van der Waals surface area contributed by atoms with Gasteiger partial charge in [-0.05, 0) is 33.1 Å². The summed E-state index contributed by atoms with van der Waals surface area (Å²) in [6.07, 6.45) is 4.78. The van der Waals surface area contributed by atoms with Crippen molar-refractivity contribution in [2.24, 2.45) is 0 Å². The molecule has 1 aromatic rings. The van der Waals surface area contributed by atoms with E-state index < -0.39 is 0 Å². The monoisotopic (exact) mass is 265 g/mol. The van der Waals surface area contributed by atoms with Crippen molar-refractivity contribution in [1.82, 2.24) is 9.97 Å². The topological polar surface area (TPSA) is 56.3 Å². The summed E-state index contributed by atoms with van der Waals surface area (Å²) < 4.78 is 11.5. The molecule has 2 atom stereocenters. The predicted molar refractivity (Wildman–Crippen MR) is 74.7 cm³/mol. The van der Waals surface area contributed by atoms with Crippen molar-refractivity contribution in [2.45, 2.75) is 51.7 Å². The molecular weight excluding hydrogens is 242 g/mol. The van der Waals surface area contributed by atoms with Crippen LogP contribution in [-0.4, -0.2) is 36.3 Å². The maximum atomic E-state index is 6.07. The van der Waals surface area contributed by atoms with Crippen LogP contribution in [0, 0.1) is 13.8 Å². The molecule has 1 aromatic heterocycles. The van der Waals surface area contributed by atoms with E-state index in [4.69, 9.17) is 9.47 Å². The van der Waals surface area contributed by atoms with E-state index in [9.17, 15) is 0 Å². The standard InChI is InChI=1S/C14H23N3O2/c1-9-13(15-3)16-10(2)17-14(9)19-12-7-5-6-11(8-12)18-4/h11-12H,5-8H2,1-4H3,(H,15,16,17). The third kappa shape index (κ3) is 3.35. The Labute approximate surface area is 114 Å². The van der Waals surface area contributed by atoms with E-state index in [2.05, 4.69) is 15.3 Å². The molecule has 0 amide bonds. The van der Waals surface area contributed by atoms with Crippen LogP contribution in [0.25, 0.3) is 0 Å². The molecule has 5 heteroatoms. The minimum Gasteiger partial charge on any atom is -0.474 e. The summed E-state index contributed by atoms with van der Waals surface area (Å²) in [6, 6.07) is 0. The Hall–Kier alpha value is -1.36. The molecule has 2 rings (SSSR count). The highest BCUT2D eigenvalue weighted by molar-refractivity contribution is 5.47. The number of hydrogen-bond acceptors (Lipinski definition) is 5. The lowest BCUT2D eigenvalue weighted by atomic mass is 9.95. The van der Waals surface area contributed by atoms with Crippen LogP contribution in [0.15, 0.2) is 0 Å². The second kappa shape index (κ2) is 6.19. The van der Waals surface area contributed by atoms with Gasteiger partial charge in [0.15, 0.2) is 0 Å². The first kappa shape index (κ1) is 14.1. The van der Waals surface area contributed by atoms with E-state index in [1.807, 2.05) is 20.9 Å². The van der Waals surface area contributed by atoms with Crippen molar-refractivity contribution < 1.29 is 9.47 Å². The van der Waals surface area contributed by atoms with E-state index in [1.54, 1.807) is 7.11 Å². The Morgan fingerprint density at radius 1 is 1.16 bits per heavy atom. The number of rotatable bonds is 4. The summed E-state index contributed by atoms with van der Waals surface area (Å²) in [5, 5.41) is 3.08. The molecule has 106 valence electrons. The average Bonchev–Trinajstić information content (AvgIpc) is 2.42. The molecule has 1 N–H and O–H groups in total. The Kier molecular flexibility index (Phi) is 4.58. The van der Waals surface area contributed by atoms with E-state index >= 15 is 0 Å². The maximum absolute atomic E-state index is 6.07. The predicted octanol–water partition coefficient (Wildman–Crippen LogP) is 2.47. The SMILES string of the molecule is CNc1nc(C)nc(OC2CCCC(OC)C2)c1C. The molecule has 2 unspecified atom stereocenters. The molecule has 1 saturated carbocycles. The average molecular weight is 265 g/mol. The number of hydrogen-bond donors (Lipinski definition) is 1. The fourth-order valence-electron chi connectivity index (χ4n) is 2.54. The summed E-state index contributed by atoms with van der Waals surface area (Å²) >= 11 is 0. The van der Waals surface area contributed by atoms with Gasteiger partial charge in [-0.3, -0.25) is 0 Å². The highest BCUT2D eigenvalue weighted by Gasteiger charge is 2.24. The van der Waals surface area contributed by atoms with Gasteiger partial charge in [-0.1, -0.05) is 0 Å². The lowest BCUT2D eigenvalue weighted by Crippen LogP contribution is -2.30. The molecule has 1 fully saturated rings. The number of aryl methyl sites for hydroxylation is 1. The first-order valence-corrected chi connectivity index (χ1v) is 6.86.